The number of carbonyl (C=O) groups is 1. The second-order valence-corrected chi connectivity index (χ2v) is 3.70. The number of hydrogen-bond acceptors (Lipinski definition) is 2. The fourth-order valence-corrected chi connectivity index (χ4v) is 1.58. The number of ketones is 1. The van der Waals surface area contributed by atoms with E-state index in [4.69, 9.17) is 0 Å². The Bertz CT molecular complexity index is 153. The quantitative estimate of drug-likeness (QED) is 0.682. The van der Waals surface area contributed by atoms with Crippen molar-refractivity contribution in [3.63, 3.8) is 0 Å². The maximum atomic E-state index is 11.5. The van der Waals surface area contributed by atoms with E-state index in [0.717, 1.165) is 25.7 Å². The number of aliphatic hydroxyl groups is 1. The highest BCUT2D eigenvalue weighted by Gasteiger charge is 2.36. The Kier molecular flexibility index (Phi) is 3.27. The van der Waals surface area contributed by atoms with Crippen LogP contribution in [-0.2, 0) is 4.79 Å². The van der Waals surface area contributed by atoms with Crippen molar-refractivity contribution in [1.82, 2.24) is 0 Å². The zero-order chi connectivity index (χ0) is 9.14. The summed E-state index contributed by atoms with van der Waals surface area (Å²) < 4.78 is 0. The Labute approximate surface area is 74.0 Å². The van der Waals surface area contributed by atoms with E-state index in [1.165, 1.54) is 0 Å². The van der Waals surface area contributed by atoms with Gasteiger partial charge in [0, 0.05) is 5.92 Å². The first-order valence-electron chi connectivity index (χ1n) is 4.92. The smallest absolute Gasteiger partial charge is 0.164 e. The van der Waals surface area contributed by atoms with E-state index in [9.17, 15) is 9.90 Å². The van der Waals surface area contributed by atoms with Gasteiger partial charge in [-0.25, -0.2) is 0 Å². The predicted molar refractivity (Wildman–Crippen MR) is 47.8 cm³/mol. The number of Topliss-reactive ketones (excluding diaryl/α,β-unsaturated/α-hetero) is 1. The van der Waals surface area contributed by atoms with Crippen molar-refractivity contribution < 1.29 is 9.90 Å². The van der Waals surface area contributed by atoms with Crippen molar-refractivity contribution in [2.75, 3.05) is 0 Å². The Hall–Kier alpha value is -0.370. The molecular weight excluding hydrogens is 152 g/mol. The van der Waals surface area contributed by atoms with Crippen LogP contribution in [0.5, 0.6) is 0 Å². The van der Waals surface area contributed by atoms with Crippen LogP contribution in [0.2, 0.25) is 0 Å². The zero-order valence-corrected chi connectivity index (χ0v) is 7.92. The molecule has 0 aliphatic heterocycles. The van der Waals surface area contributed by atoms with Crippen LogP contribution >= 0.6 is 0 Å². The molecule has 1 aliphatic rings. The minimum absolute atomic E-state index is 0.0718. The molecule has 70 valence electrons. The average Bonchev–Trinajstić information content (AvgIpc) is 2.87. The van der Waals surface area contributed by atoms with E-state index in [0.29, 0.717) is 0 Å². The van der Waals surface area contributed by atoms with Gasteiger partial charge in [0.05, 0.1) is 0 Å². The average molecular weight is 170 g/mol. The normalized spacial score (nSPS) is 19.7. The molecule has 0 radical (unpaired) electrons. The highest BCUT2D eigenvalue weighted by Crippen LogP contribution is 2.34. The molecule has 2 heteroatoms. The predicted octanol–water partition coefficient (Wildman–Crippen LogP) is 1.76. The maximum Gasteiger partial charge on any atom is 0.164 e. The van der Waals surface area contributed by atoms with Gasteiger partial charge in [-0.15, -0.1) is 0 Å². The molecule has 2 nitrogen and oxygen atoms in total. The molecule has 1 atom stereocenters. The molecular formula is C10H18O2. The summed E-state index contributed by atoms with van der Waals surface area (Å²) in [4.78, 5) is 11.5. The lowest BCUT2D eigenvalue weighted by atomic mass is 9.93. The largest absolute Gasteiger partial charge is 0.385 e. The van der Waals surface area contributed by atoms with Gasteiger partial charge in [-0.1, -0.05) is 13.8 Å². The van der Waals surface area contributed by atoms with E-state index < -0.39 is 6.10 Å². The second-order valence-electron chi connectivity index (χ2n) is 3.70. The van der Waals surface area contributed by atoms with E-state index in [-0.39, 0.29) is 17.6 Å². The van der Waals surface area contributed by atoms with Crippen LogP contribution < -0.4 is 0 Å². The number of aliphatic hydroxyl groups excluding tert-OH is 1. The van der Waals surface area contributed by atoms with Crippen LogP contribution in [-0.4, -0.2) is 17.0 Å². The lowest BCUT2D eigenvalue weighted by Crippen LogP contribution is -2.29. The van der Waals surface area contributed by atoms with Crippen molar-refractivity contribution >= 4 is 5.78 Å². The molecule has 0 saturated heterocycles. The minimum atomic E-state index is -0.658. The highest BCUT2D eigenvalue weighted by atomic mass is 16.3. The first-order chi connectivity index (χ1) is 5.70. The van der Waals surface area contributed by atoms with Crippen molar-refractivity contribution in [2.24, 2.45) is 11.8 Å². The molecule has 1 rings (SSSR count). The monoisotopic (exact) mass is 170 g/mol. The van der Waals surface area contributed by atoms with Gasteiger partial charge in [-0.2, -0.15) is 0 Å². The van der Waals surface area contributed by atoms with E-state index in [1.54, 1.807) is 0 Å². The summed E-state index contributed by atoms with van der Waals surface area (Å²) in [5.74, 6) is 0.446. The molecule has 12 heavy (non-hydrogen) atoms. The van der Waals surface area contributed by atoms with Crippen LogP contribution in [0.15, 0.2) is 0 Å². The van der Waals surface area contributed by atoms with Gasteiger partial charge in [-0.05, 0) is 31.6 Å². The van der Waals surface area contributed by atoms with Crippen LogP contribution in [0, 0.1) is 11.8 Å². The molecule has 1 fully saturated rings. The molecule has 1 saturated carbocycles. The van der Waals surface area contributed by atoms with Gasteiger partial charge in [0.1, 0.15) is 6.10 Å². The minimum Gasteiger partial charge on any atom is -0.385 e. The fourth-order valence-electron chi connectivity index (χ4n) is 1.58. The van der Waals surface area contributed by atoms with Crippen LogP contribution in [0.1, 0.15) is 39.5 Å². The van der Waals surface area contributed by atoms with Gasteiger partial charge >= 0.3 is 0 Å². The summed E-state index contributed by atoms with van der Waals surface area (Å²) >= 11 is 0. The topological polar surface area (TPSA) is 37.3 Å². The molecule has 0 bridgehead atoms. The lowest BCUT2D eigenvalue weighted by Gasteiger charge is -2.15. The summed E-state index contributed by atoms with van der Waals surface area (Å²) in [6.45, 7) is 4.01. The number of hydrogen-bond donors (Lipinski definition) is 1. The molecule has 1 N–H and O–H groups in total. The second kappa shape index (κ2) is 4.04. The maximum absolute atomic E-state index is 11.5. The summed E-state index contributed by atoms with van der Waals surface area (Å²) in [5, 5.41) is 9.54. The van der Waals surface area contributed by atoms with Gasteiger partial charge in [-0.3, -0.25) is 4.79 Å². The molecule has 0 aromatic heterocycles. The third-order valence-corrected chi connectivity index (χ3v) is 2.75. The number of carbonyl (C=O) groups excluding carboxylic acids is 1. The van der Waals surface area contributed by atoms with E-state index in [1.807, 2.05) is 13.8 Å². The fraction of sp³-hybridized carbons (Fsp3) is 0.900. The summed E-state index contributed by atoms with van der Waals surface area (Å²) in [6, 6.07) is 0. The van der Waals surface area contributed by atoms with Gasteiger partial charge in [0.25, 0.3) is 0 Å². The molecule has 0 amide bonds. The van der Waals surface area contributed by atoms with Crippen LogP contribution in [0.25, 0.3) is 0 Å². The summed E-state index contributed by atoms with van der Waals surface area (Å²) in [5.41, 5.74) is 0. The van der Waals surface area contributed by atoms with Crippen molar-refractivity contribution in [3.8, 4) is 0 Å². The van der Waals surface area contributed by atoms with Crippen molar-refractivity contribution in [1.29, 1.82) is 0 Å². The first kappa shape index (κ1) is 9.72. The Morgan fingerprint density at radius 3 is 2.25 bits per heavy atom. The van der Waals surface area contributed by atoms with E-state index in [2.05, 4.69) is 0 Å². The molecule has 0 aromatic carbocycles. The Morgan fingerprint density at radius 2 is 1.92 bits per heavy atom. The van der Waals surface area contributed by atoms with Crippen molar-refractivity contribution in [2.45, 2.75) is 45.6 Å². The first-order valence-corrected chi connectivity index (χ1v) is 4.92. The number of rotatable bonds is 5. The third-order valence-electron chi connectivity index (χ3n) is 2.75. The van der Waals surface area contributed by atoms with Crippen LogP contribution in [0.3, 0.4) is 0 Å². The van der Waals surface area contributed by atoms with Gasteiger partial charge in [0.2, 0.25) is 0 Å². The Balaban J connectivity index is 2.42. The highest BCUT2D eigenvalue weighted by molar-refractivity contribution is 5.85. The van der Waals surface area contributed by atoms with Gasteiger partial charge < -0.3 is 5.11 Å². The molecule has 1 aliphatic carbocycles. The Morgan fingerprint density at radius 1 is 1.42 bits per heavy atom. The van der Waals surface area contributed by atoms with Crippen LogP contribution in [0.4, 0.5) is 0 Å². The van der Waals surface area contributed by atoms with Crippen molar-refractivity contribution in [3.05, 3.63) is 0 Å². The molecule has 0 spiro atoms. The molecule has 0 aromatic rings. The third kappa shape index (κ3) is 2.07. The standard InChI is InChI=1S/C10H18O2/c1-3-7(4-2)9(11)10(12)8-5-6-8/h7-8,10,12H,3-6H2,1-2H3. The van der Waals surface area contributed by atoms with E-state index >= 15 is 0 Å². The zero-order valence-electron chi connectivity index (χ0n) is 7.92. The molecule has 1 unspecified atom stereocenters. The lowest BCUT2D eigenvalue weighted by molar-refractivity contribution is -0.132. The molecule has 0 heterocycles. The van der Waals surface area contributed by atoms with Gasteiger partial charge in [0.15, 0.2) is 5.78 Å². The SMILES string of the molecule is CCC(CC)C(=O)C(O)C1CC1. The summed E-state index contributed by atoms with van der Waals surface area (Å²) in [7, 11) is 0. The summed E-state index contributed by atoms with van der Waals surface area (Å²) in [6.07, 6.45) is 3.13.